The van der Waals surface area contributed by atoms with Crippen LogP contribution in [0.2, 0.25) is 0 Å². The second kappa shape index (κ2) is 9.93. The normalized spacial score (nSPS) is 18.9. The van der Waals surface area contributed by atoms with E-state index in [1.54, 1.807) is 20.8 Å². The Morgan fingerprint density at radius 3 is 2.23 bits per heavy atom. The number of pyridine rings is 1. The third-order valence-corrected chi connectivity index (χ3v) is 8.72. The lowest BCUT2D eigenvalue weighted by molar-refractivity contribution is -0.240. The molecule has 1 aromatic carbocycles. The first kappa shape index (κ1) is 29.1. The predicted octanol–water partition coefficient (Wildman–Crippen LogP) is 4.47. The number of benzene rings is 1. The number of alkyl halides is 3. The van der Waals surface area contributed by atoms with Gasteiger partial charge in [0.15, 0.2) is 0 Å². The van der Waals surface area contributed by atoms with Crippen LogP contribution < -0.4 is 20.3 Å². The maximum absolute atomic E-state index is 13.4. The van der Waals surface area contributed by atoms with Crippen LogP contribution in [0.15, 0.2) is 41.3 Å². The van der Waals surface area contributed by atoms with Crippen molar-refractivity contribution in [3.8, 4) is 0 Å². The molecule has 4 N–H and O–H groups in total. The number of rotatable bonds is 7. The maximum atomic E-state index is 13.4. The van der Waals surface area contributed by atoms with E-state index in [1.165, 1.54) is 36.4 Å². The van der Waals surface area contributed by atoms with Gasteiger partial charge in [-0.25, -0.2) is 18.1 Å². The molecule has 1 amide bonds. The summed E-state index contributed by atoms with van der Waals surface area (Å²) in [4.78, 5) is 19.5. The third kappa shape index (κ3) is 6.82. The molecule has 1 aliphatic carbocycles. The van der Waals surface area contributed by atoms with Crippen molar-refractivity contribution >= 4 is 33.3 Å². The fraction of sp³-hybridized carbons (Fsp3) is 0.538. The molecule has 0 bridgehead atoms. The van der Waals surface area contributed by atoms with Gasteiger partial charge >= 0.3 is 6.18 Å². The molecule has 1 spiro atoms. The fourth-order valence-corrected chi connectivity index (χ4v) is 5.99. The van der Waals surface area contributed by atoms with Crippen molar-refractivity contribution in [2.45, 2.75) is 75.7 Å². The van der Waals surface area contributed by atoms with Crippen LogP contribution in [0.4, 0.5) is 30.5 Å². The van der Waals surface area contributed by atoms with E-state index in [-0.39, 0.29) is 27.8 Å². The summed E-state index contributed by atoms with van der Waals surface area (Å²) in [6, 6.07) is 8.31. The molecule has 0 radical (unpaired) electrons. The zero-order chi connectivity index (χ0) is 28.9. The molecule has 39 heavy (non-hydrogen) atoms. The van der Waals surface area contributed by atoms with E-state index in [4.69, 9.17) is 0 Å². The first-order valence-electron chi connectivity index (χ1n) is 12.7. The smallest absolute Gasteiger partial charge is 0.364 e. The molecule has 214 valence electrons. The molecule has 1 saturated heterocycles. The monoisotopic (exact) mass is 569 g/mol. The average Bonchev–Trinajstić information content (AvgIpc) is 3.56. The van der Waals surface area contributed by atoms with Gasteiger partial charge in [0.1, 0.15) is 11.6 Å². The number of sulfonamides is 1. The van der Waals surface area contributed by atoms with Gasteiger partial charge in [0.2, 0.25) is 15.7 Å². The summed E-state index contributed by atoms with van der Waals surface area (Å²) >= 11 is 0. The highest BCUT2D eigenvalue weighted by atomic mass is 32.2. The highest BCUT2D eigenvalue weighted by Crippen LogP contribution is 2.54. The summed E-state index contributed by atoms with van der Waals surface area (Å²) < 4.78 is 67.8. The predicted molar refractivity (Wildman–Crippen MR) is 142 cm³/mol. The standard InChI is InChI=1S/C26H34F3N5O4S/c1-23(2,3)33-39(37,38)18-7-5-6-17(16-18)30-22(35)19-8-9-20(32-24(4,36)26(27,28)29)31-21(19)34-14-12-25(10-11-25)13-15-34/h5-9,16,33,36H,10-15H2,1-4H3,(H,30,35)(H,31,32). The van der Waals surface area contributed by atoms with Gasteiger partial charge in [-0.2, -0.15) is 13.2 Å². The Kier molecular flexibility index (Phi) is 7.41. The number of amides is 1. The van der Waals surface area contributed by atoms with Crippen molar-refractivity contribution < 1.29 is 31.5 Å². The molecule has 1 atom stereocenters. The molecule has 9 nitrogen and oxygen atoms in total. The van der Waals surface area contributed by atoms with Gasteiger partial charge in [-0.3, -0.25) is 4.79 Å². The van der Waals surface area contributed by atoms with E-state index in [1.807, 2.05) is 10.2 Å². The molecule has 1 saturated carbocycles. The van der Waals surface area contributed by atoms with Crippen LogP contribution in [0.1, 0.15) is 63.7 Å². The first-order valence-corrected chi connectivity index (χ1v) is 14.2. The van der Waals surface area contributed by atoms with Crippen LogP contribution in [0, 0.1) is 5.41 Å². The highest BCUT2D eigenvalue weighted by Gasteiger charge is 2.50. The van der Waals surface area contributed by atoms with Gasteiger partial charge in [-0.1, -0.05) is 6.07 Å². The van der Waals surface area contributed by atoms with E-state index >= 15 is 0 Å². The number of nitrogens with zero attached hydrogens (tertiary/aromatic N) is 2. The maximum Gasteiger partial charge on any atom is 0.436 e. The average molecular weight is 570 g/mol. The van der Waals surface area contributed by atoms with Gasteiger partial charge in [0.05, 0.1) is 10.5 Å². The number of aromatic nitrogens is 1. The molecule has 13 heteroatoms. The molecule has 2 aromatic rings. The largest absolute Gasteiger partial charge is 0.436 e. The minimum absolute atomic E-state index is 0.0340. The second-order valence-corrected chi connectivity index (χ2v) is 13.3. The minimum Gasteiger partial charge on any atom is -0.364 e. The highest BCUT2D eigenvalue weighted by molar-refractivity contribution is 7.89. The van der Waals surface area contributed by atoms with Gasteiger partial charge in [-0.05, 0) is 89.1 Å². The van der Waals surface area contributed by atoms with Crippen LogP contribution in [0.5, 0.6) is 0 Å². The number of aliphatic hydroxyl groups is 1. The van der Waals surface area contributed by atoms with Gasteiger partial charge in [-0.15, -0.1) is 0 Å². The Hall–Kier alpha value is -2.90. The van der Waals surface area contributed by atoms with Crippen molar-refractivity contribution in [3.05, 3.63) is 42.0 Å². The van der Waals surface area contributed by atoms with Gasteiger partial charge < -0.3 is 20.6 Å². The van der Waals surface area contributed by atoms with E-state index in [0.717, 1.165) is 25.7 Å². The zero-order valence-electron chi connectivity index (χ0n) is 22.3. The minimum atomic E-state index is -4.96. The summed E-state index contributed by atoms with van der Waals surface area (Å²) in [6.07, 6.45) is -0.911. The number of anilines is 3. The van der Waals surface area contributed by atoms with Crippen molar-refractivity contribution in [3.63, 3.8) is 0 Å². The van der Waals surface area contributed by atoms with Crippen molar-refractivity contribution in [1.29, 1.82) is 0 Å². The Bertz CT molecular complexity index is 1340. The number of carbonyl (C=O) groups is 1. The molecule has 1 aromatic heterocycles. The molecule has 2 heterocycles. The number of hydrogen-bond acceptors (Lipinski definition) is 7. The SMILES string of the molecule is CC(C)(C)NS(=O)(=O)c1cccc(NC(=O)c2ccc(NC(C)(O)C(F)(F)F)nc2N2CCC3(CC2)CC3)c1. The topological polar surface area (TPSA) is 124 Å². The molecule has 4 rings (SSSR count). The number of hydrogen-bond donors (Lipinski definition) is 4. The van der Waals surface area contributed by atoms with Crippen molar-refractivity contribution in [2.75, 3.05) is 28.6 Å². The quantitative estimate of drug-likeness (QED) is 0.363. The van der Waals surface area contributed by atoms with Crippen LogP contribution >= 0.6 is 0 Å². The van der Waals surface area contributed by atoms with Crippen LogP contribution in [0.25, 0.3) is 0 Å². The molecular weight excluding hydrogens is 535 g/mol. The summed E-state index contributed by atoms with van der Waals surface area (Å²) in [7, 11) is -3.85. The molecule has 1 aliphatic heterocycles. The van der Waals surface area contributed by atoms with Gasteiger partial charge in [0, 0.05) is 24.3 Å². The molecule has 2 fully saturated rings. The lowest BCUT2D eigenvalue weighted by Crippen LogP contribution is -2.49. The third-order valence-electron chi connectivity index (χ3n) is 6.97. The van der Waals surface area contributed by atoms with E-state index in [2.05, 4.69) is 15.0 Å². The van der Waals surface area contributed by atoms with Crippen molar-refractivity contribution in [1.82, 2.24) is 9.71 Å². The number of carbonyl (C=O) groups excluding carboxylic acids is 1. The molecule has 2 aliphatic rings. The van der Waals surface area contributed by atoms with E-state index in [9.17, 15) is 31.5 Å². The Labute approximate surface area is 226 Å². The number of nitrogens with one attached hydrogen (secondary N) is 3. The molecule has 1 unspecified atom stereocenters. The summed E-state index contributed by atoms with van der Waals surface area (Å²) in [5, 5.41) is 14.6. The molecular formula is C26H34F3N5O4S. The number of halogens is 3. The fourth-order valence-electron chi connectivity index (χ4n) is 4.53. The Morgan fingerprint density at radius 2 is 1.67 bits per heavy atom. The van der Waals surface area contributed by atoms with Crippen LogP contribution in [0.3, 0.4) is 0 Å². The first-order chi connectivity index (χ1) is 17.9. The lowest BCUT2D eigenvalue weighted by atomic mass is 9.93. The second-order valence-electron chi connectivity index (χ2n) is 11.6. The van der Waals surface area contributed by atoms with Crippen LogP contribution in [-0.4, -0.2) is 54.9 Å². The van der Waals surface area contributed by atoms with E-state index in [0.29, 0.717) is 25.4 Å². The number of piperidine rings is 1. The Morgan fingerprint density at radius 1 is 1.03 bits per heavy atom. The van der Waals surface area contributed by atoms with E-state index < -0.39 is 33.4 Å². The Balaban J connectivity index is 1.62. The summed E-state index contributed by atoms with van der Waals surface area (Å²) in [5.74, 6) is -0.655. The summed E-state index contributed by atoms with van der Waals surface area (Å²) in [6.45, 7) is 6.88. The van der Waals surface area contributed by atoms with Crippen molar-refractivity contribution in [2.24, 2.45) is 5.41 Å². The van der Waals surface area contributed by atoms with Crippen LogP contribution in [-0.2, 0) is 10.0 Å². The van der Waals surface area contributed by atoms with Gasteiger partial charge in [0.25, 0.3) is 5.91 Å². The summed E-state index contributed by atoms with van der Waals surface area (Å²) in [5.41, 5.74) is -3.30. The lowest BCUT2D eigenvalue weighted by Gasteiger charge is -2.34. The zero-order valence-corrected chi connectivity index (χ0v) is 23.1.